The zero-order chi connectivity index (χ0) is 9.26. The van der Waals surface area contributed by atoms with Crippen molar-refractivity contribution in [1.82, 2.24) is 4.98 Å². The van der Waals surface area contributed by atoms with Crippen LogP contribution in [0.25, 0.3) is 11.5 Å². The van der Waals surface area contributed by atoms with Crippen LogP contribution in [-0.2, 0) is 0 Å². The van der Waals surface area contributed by atoms with Crippen molar-refractivity contribution in [1.29, 1.82) is 0 Å². The van der Waals surface area contributed by atoms with E-state index in [2.05, 4.69) is 4.98 Å². The van der Waals surface area contributed by atoms with Crippen LogP contribution in [0.2, 0.25) is 5.02 Å². The highest BCUT2D eigenvalue weighted by molar-refractivity contribution is 6.33. The van der Waals surface area contributed by atoms with E-state index in [4.69, 9.17) is 21.8 Å². The van der Waals surface area contributed by atoms with Gasteiger partial charge in [0.25, 0.3) is 0 Å². The predicted octanol–water partition coefficient (Wildman–Crippen LogP) is 2.58. The van der Waals surface area contributed by atoms with Crippen LogP contribution in [0.3, 0.4) is 0 Å². The molecule has 0 aliphatic carbocycles. The Bertz CT molecular complexity index is 425. The Morgan fingerprint density at radius 1 is 1.31 bits per heavy atom. The first-order valence-corrected chi connectivity index (χ1v) is 4.11. The predicted molar refractivity (Wildman–Crippen MR) is 51.4 cm³/mol. The molecule has 2 aromatic rings. The van der Waals surface area contributed by atoms with Crippen LogP contribution in [0.1, 0.15) is 0 Å². The van der Waals surface area contributed by atoms with Crippen LogP contribution in [0.15, 0.2) is 34.9 Å². The lowest BCUT2D eigenvalue weighted by Gasteiger charge is -1.96. The van der Waals surface area contributed by atoms with E-state index in [1.54, 1.807) is 6.07 Å². The Morgan fingerprint density at radius 3 is 2.69 bits per heavy atom. The van der Waals surface area contributed by atoms with Crippen molar-refractivity contribution in [3.8, 4) is 11.5 Å². The average Bonchev–Trinajstić information content (AvgIpc) is 2.53. The number of nitrogen functional groups attached to an aromatic ring is 1. The van der Waals surface area contributed by atoms with Gasteiger partial charge >= 0.3 is 0 Å². The lowest BCUT2D eigenvalue weighted by atomic mass is 10.2. The summed E-state index contributed by atoms with van der Waals surface area (Å²) in [5.41, 5.74) is 6.14. The lowest BCUT2D eigenvalue weighted by Crippen LogP contribution is -1.78. The molecule has 0 spiro atoms. The maximum atomic E-state index is 5.93. The molecule has 13 heavy (non-hydrogen) atoms. The maximum Gasteiger partial charge on any atom is 0.230 e. The molecule has 0 amide bonds. The molecule has 0 bridgehead atoms. The van der Waals surface area contributed by atoms with Crippen LogP contribution in [0, 0.1) is 0 Å². The number of oxazole rings is 1. The van der Waals surface area contributed by atoms with Crippen molar-refractivity contribution in [3.05, 3.63) is 35.5 Å². The minimum Gasteiger partial charge on any atom is -0.421 e. The quantitative estimate of drug-likeness (QED) is 0.759. The fraction of sp³-hybridized carbons (Fsp3) is 0. The van der Waals surface area contributed by atoms with Crippen molar-refractivity contribution in [2.75, 3.05) is 5.73 Å². The fourth-order valence-corrected chi connectivity index (χ4v) is 1.26. The average molecular weight is 195 g/mol. The van der Waals surface area contributed by atoms with Crippen LogP contribution in [0.4, 0.5) is 5.88 Å². The second-order valence-corrected chi connectivity index (χ2v) is 2.95. The molecule has 4 heteroatoms. The zero-order valence-electron chi connectivity index (χ0n) is 6.70. The number of hydrogen-bond acceptors (Lipinski definition) is 3. The van der Waals surface area contributed by atoms with Crippen molar-refractivity contribution in [2.24, 2.45) is 0 Å². The third-order valence-corrected chi connectivity index (χ3v) is 1.96. The molecular formula is C9H7ClN2O. The third kappa shape index (κ3) is 1.51. The SMILES string of the molecule is Nc1cnc(-c2ccccc2Cl)o1. The molecule has 3 nitrogen and oxygen atoms in total. The normalized spacial score (nSPS) is 10.2. The molecule has 1 aromatic carbocycles. The molecule has 0 saturated heterocycles. The van der Waals surface area contributed by atoms with Gasteiger partial charge in [-0.05, 0) is 12.1 Å². The lowest BCUT2D eigenvalue weighted by molar-refractivity contribution is 0.594. The first kappa shape index (κ1) is 8.13. The monoisotopic (exact) mass is 194 g/mol. The number of rotatable bonds is 1. The summed E-state index contributed by atoms with van der Waals surface area (Å²) >= 11 is 5.93. The number of anilines is 1. The van der Waals surface area contributed by atoms with Crippen molar-refractivity contribution >= 4 is 17.5 Å². The van der Waals surface area contributed by atoms with E-state index in [1.165, 1.54) is 6.20 Å². The van der Waals surface area contributed by atoms with Gasteiger partial charge in [-0.3, -0.25) is 0 Å². The number of halogens is 1. The minimum atomic E-state index is 0.287. The summed E-state index contributed by atoms with van der Waals surface area (Å²) in [6.07, 6.45) is 1.46. The summed E-state index contributed by atoms with van der Waals surface area (Å²) in [7, 11) is 0. The molecule has 0 unspecified atom stereocenters. The molecule has 1 aromatic heterocycles. The molecule has 2 rings (SSSR count). The summed E-state index contributed by atoms with van der Waals surface area (Å²) in [5.74, 6) is 0.734. The molecule has 0 atom stereocenters. The van der Waals surface area contributed by atoms with Crippen molar-refractivity contribution in [2.45, 2.75) is 0 Å². The molecule has 0 aliphatic rings. The molecule has 0 fully saturated rings. The largest absolute Gasteiger partial charge is 0.421 e. The summed E-state index contributed by atoms with van der Waals surface area (Å²) in [4.78, 5) is 3.97. The van der Waals surface area contributed by atoms with Gasteiger partial charge in [-0.2, -0.15) is 0 Å². The van der Waals surface area contributed by atoms with E-state index in [0.29, 0.717) is 10.9 Å². The smallest absolute Gasteiger partial charge is 0.230 e. The molecule has 0 aliphatic heterocycles. The second-order valence-electron chi connectivity index (χ2n) is 2.55. The van der Waals surface area contributed by atoms with E-state index in [0.717, 1.165) is 5.56 Å². The Balaban J connectivity index is 2.52. The van der Waals surface area contributed by atoms with Gasteiger partial charge in [0.15, 0.2) is 0 Å². The van der Waals surface area contributed by atoms with Gasteiger partial charge in [0.2, 0.25) is 11.8 Å². The Kier molecular flexibility index (Phi) is 1.94. The Labute approximate surface area is 80.1 Å². The van der Waals surface area contributed by atoms with Gasteiger partial charge in [-0.15, -0.1) is 0 Å². The van der Waals surface area contributed by atoms with Gasteiger partial charge in [0, 0.05) is 0 Å². The van der Waals surface area contributed by atoms with E-state index in [9.17, 15) is 0 Å². The highest BCUT2D eigenvalue weighted by Crippen LogP contribution is 2.27. The number of hydrogen-bond donors (Lipinski definition) is 1. The maximum absolute atomic E-state index is 5.93. The Hall–Kier alpha value is -1.48. The second kappa shape index (κ2) is 3.11. The number of benzene rings is 1. The highest BCUT2D eigenvalue weighted by atomic mass is 35.5. The topological polar surface area (TPSA) is 52.0 Å². The summed E-state index contributed by atoms with van der Waals surface area (Å²) < 4.78 is 5.13. The molecule has 0 saturated carbocycles. The van der Waals surface area contributed by atoms with Gasteiger partial charge in [-0.25, -0.2) is 4.98 Å². The first-order chi connectivity index (χ1) is 6.27. The zero-order valence-corrected chi connectivity index (χ0v) is 7.45. The third-order valence-electron chi connectivity index (χ3n) is 1.63. The highest BCUT2D eigenvalue weighted by Gasteiger charge is 2.07. The minimum absolute atomic E-state index is 0.287. The van der Waals surface area contributed by atoms with Crippen molar-refractivity contribution in [3.63, 3.8) is 0 Å². The summed E-state index contributed by atoms with van der Waals surface area (Å²) in [6.45, 7) is 0. The van der Waals surface area contributed by atoms with E-state index >= 15 is 0 Å². The molecule has 0 radical (unpaired) electrons. The van der Waals surface area contributed by atoms with Crippen LogP contribution < -0.4 is 5.73 Å². The standard InChI is InChI=1S/C9H7ClN2O/c10-7-4-2-1-3-6(7)9-12-5-8(11)13-9/h1-5H,11H2. The van der Waals surface area contributed by atoms with Crippen molar-refractivity contribution < 1.29 is 4.42 Å². The van der Waals surface area contributed by atoms with E-state index < -0.39 is 0 Å². The van der Waals surface area contributed by atoms with Crippen LogP contribution in [0.5, 0.6) is 0 Å². The number of nitrogens with zero attached hydrogens (tertiary/aromatic N) is 1. The number of nitrogens with two attached hydrogens (primary N) is 1. The first-order valence-electron chi connectivity index (χ1n) is 3.73. The van der Waals surface area contributed by atoms with Gasteiger partial charge in [0.05, 0.1) is 16.8 Å². The molecular weight excluding hydrogens is 188 g/mol. The molecule has 66 valence electrons. The summed E-state index contributed by atoms with van der Waals surface area (Å²) in [5, 5.41) is 0.601. The van der Waals surface area contributed by atoms with Crippen LogP contribution in [-0.4, -0.2) is 4.98 Å². The summed E-state index contributed by atoms with van der Waals surface area (Å²) in [6, 6.07) is 7.31. The molecule has 1 heterocycles. The van der Waals surface area contributed by atoms with E-state index in [1.807, 2.05) is 18.2 Å². The van der Waals surface area contributed by atoms with Crippen LogP contribution >= 0.6 is 11.6 Å². The van der Waals surface area contributed by atoms with Gasteiger partial charge in [-0.1, -0.05) is 23.7 Å². The fourth-order valence-electron chi connectivity index (χ4n) is 1.05. The molecule has 2 N–H and O–H groups in total. The van der Waals surface area contributed by atoms with E-state index in [-0.39, 0.29) is 5.88 Å². The van der Waals surface area contributed by atoms with Gasteiger partial charge in [0.1, 0.15) is 0 Å². The Morgan fingerprint density at radius 2 is 2.08 bits per heavy atom. The van der Waals surface area contributed by atoms with Gasteiger partial charge < -0.3 is 10.2 Å². The number of aromatic nitrogens is 1.